The number of hydrogen-bond acceptors (Lipinski definition) is 7. The summed E-state index contributed by atoms with van der Waals surface area (Å²) in [4.78, 5) is 39.6. The second kappa shape index (κ2) is 9.05. The SMILES string of the molecule is Cc1sc2ncn(CCC(=O)Nc3ncccc3OCc3ccncc3)c(=O)c2c1C. The summed E-state index contributed by atoms with van der Waals surface area (Å²) in [5.41, 5.74) is 1.77. The Hall–Kier alpha value is -3.59. The smallest absolute Gasteiger partial charge is 0.262 e. The number of carbonyl (C=O) groups excluding carboxylic acids is 1. The lowest BCUT2D eigenvalue weighted by molar-refractivity contribution is -0.116. The maximum absolute atomic E-state index is 12.8. The van der Waals surface area contributed by atoms with Crippen molar-refractivity contribution in [1.82, 2.24) is 19.5 Å². The van der Waals surface area contributed by atoms with Gasteiger partial charge in [-0.3, -0.25) is 19.1 Å². The van der Waals surface area contributed by atoms with Gasteiger partial charge < -0.3 is 10.1 Å². The Morgan fingerprint density at radius 3 is 2.77 bits per heavy atom. The summed E-state index contributed by atoms with van der Waals surface area (Å²) in [6.45, 7) is 4.45. The lowest BCUT2D eigenvalue weighted by Gasteiger charge is -2.12. The highest BCUT2D eigenvalue weighted by atomic mass is 32.1. The number of aromatic nitrogens is 4. The lowest BCUT2D eigenvalue weighted by atomic mass is 10.2. The van der Waals surface area contributed by atoms with Gasteiger partial charge >= 0.3 is 0 Å². The van der Waals surface area contributed by atoms with Gasteiger partial charge in [0.15, 0.2) is 11.6 Å². The molecule has 0 bridgehead atoms. The molecule has 9 heteroatoms. The van der Waals surface area contributed by atoms with Gasteiger partial charge in [-0.2, -0.15) is 0 Å². The van der Waals surface area contributed by atoms with Crippen LogP contribution in [0.25, 0.3) is 10.2 Å². The Morgan fingerprint density at radius 2 is 1.97 bits per heavy atom. The summed E-state index contributed by atoms with van der Waals surface area (Å²) in [6, 6.07) is 7.19. The number of ether oxygens (including phenoxy) is 1. The second-order valence-electron chi connectivity index (χ2n) is 7.00. The Balaban J connectivity index is 1.42. The van der Waals surface area contributed by atoms with Gasteiger partial charge in [-0.05, 0) is 49.2 Å². The Morgan fingerprint density at radius 1 is 1.16 bits per heavy atom. The Bertz CT molecular complexity index is 1280. The molecule has 0 aliphatic carbocycles. The summed E-state index contributed by atoms with van der Waals surface area (Å²) >= 11 is 1.50. The van der Waals surface area contributed by atoms with E-state index in [2.05, 4.69) is 20.3 Å². The fourth-order valence-corrected chi connectivity index (χ4v) is 4.07. The van der Waals surface area contributed by atoms with Gasteiger partial charge in [-0.25, -0.2) is 9.97 Å². The number of aryl methyl sites for hydroxylation is 3. The van der Waals surface area contributed by atoms with Crippen molar-refractivity contribution < 1.29 is 9.53 Å². The summed E-state index contributed by atoms with van der Waals surface area (Å²) in [5.74, 6) is 0.543. The molecule has 4 aromatic rings. The van der Waals surface area contributed by atoms with Crippen molar-refractivity contribution in [2.24, 2.45) is 0 Å². The van der Waals surface area contributed by atoms with Gasteiger partial charge in [0.2, 0.25) is 5.91 Å². The Labute approximate surface area is 182 Å². The van der Waals surface area contributed by atoms with Crippen LogP contribution in [0.1, 0.15) is 22.4 Å². The van der Waals surface area contributed by atoms with Gasteiger partial charge in [0, 0.05) is 36.4 Å². The van der Waals surface area contributed by atoms with Crippen LogP contribution >= 0.6 is 11.3 Å². The van der Waals surface area contributed by atoms with Crippen molar-refractivity contribution >= 4 is 33.3 Å². The number of nitrogens with zero attached hydrogens (tertiary/aromatic N) is 4. The second-order valence-corrected chi connectivity index (χ2v) is 8.20. The van der Waals surface area contributed by atoms with Crippen LogP contribution in [0.2, 0.25) is 0 Å². The third-order valence-corrected chi connectivity index (χ3v) is 6.02. The zero-order chi connectivity index (χ0) is 21.8. The summed E-state index contributed by atoms with van der Waals surface area (Å²) in [7, 11) is 0. The molecule has 0 atom stereocenters. The third kappa shape index (κ3) is 4.61. The predicted octanol–water partition coefficient (Wildman–Crippen LogP) is 3.47. The first-order valence-electron chi connectivity index (χ1n) is 9.74. The van der Waals surface area contributed by atoms with Crippen molar-refractivity contribution in [3.8, 4) is 5.75 Å². The largest absolute Gasteiger partial charge is 0.485 e. The average Bonchev–Trinajstić information content (AvgIpc) is 3.07. The Kier molecular flexibility index (Phi) is 6.03. The minimum absolute atomic E-state index is 0.107. The number of amides is 1. The average molecular weight is 436 g/mol. The molecule has 0 aromatic carbocycles. The maximum Gasteiger partial charge on any atom is 0.262 e. The molecule has 0 saturated heterocycles. The molecule has 4 aromatic heterocycles. The van der Waals surface area contributed by atoms with Crippen LogP contribution in [0.5, 0.6) is 5.75 Å². The first-order valence-corrected chi connectivity index (χ1v) is 10.6. The number of anilines is 1. The highest BCUT2D eigenvalue weighted by molar-refractivity contribution is 7.18. The van der Waals surface area contributed by atoms with Crippen LogP contribution < -0.4 is 15.6 Å². The van der Waals surface area contributed by atoms with E-state index in [-0.39, 0.29) is 24.4 Å². The van der Waals surface area contributed by atoms with Crippen molar-refractivity contribution in [3.05, 3.63) is 75.5 Å². The molecule has 0 unspecified atom stereocenters. The van der Waals surface area contributed by atoms with Crippen LogP contribution in [0, 0.1) is 13.8 Å². The number of carbonyl (C=O) groups is 1. The van der Waals surface area contributed by atoms with E-state index in [1.165, 1.54) is 22.2 Å². The molecule has 4 heterocycles. The summed E-state index contributed by atoms with van der Waals surface area (Å²) in [5, 5.41) is 3.39. The first-order chi connectivity index (χ1) is 15.0. The number of rotatable bonds is 7. The van der Waals surface area contributed by atoms with Gasteiger partial charge in [-0.15, -0.1) is 11.3 Å². The summed E-state index contributed by atoms with van der Waals surface area (Å²) < 4.78 is 7.27. The zero-order valence-electron chi connectivity index (χ0n) is 17.2. The molecule has 0 fully saturated rings. The van der Waals surface area contributed by atoms with E-state index in [9.17, 15) is 9.59 Å². The number of fused-ring (bicyclic) bond motifs is 1. The van der Waals surface area contributed by atoms with Crippen molar-refractivity contribution in [1.29, 1.82) is 0 Å². The fraction of sp³-hybridized carbons (Fsp3) is 0.227. The number of nitrogens with one attached hydrogen (secondary N) is 1. The fourth-order valence-electron chi connectivity index (χ4n) is 3.09. The number of thiophene rings is 1. The van der Waals surface area contributed by atoms with Crippen molar-refractivity contribution in [2.75, 3.05) is 5.32 Å². The quantitative estimate of drug-likeness (QED) is 0.477. The standard InChI is InChI=1S/C22H21N5O3S/c1-14-15(2)31-21-19(14)22(29)27(13-25-21)11-7-18(28)26-20-17(4-3-8-24-20)30-12-16-5-9-23-10-6-16/h3-6,8-10,13H,7,11-12H2,1-2H3,(H,24,26,28). The molecule has 0 spiro atoms. The van der Waals surface area contributed by atoms with Crippen LogP contribution in [-0.2, 0) is 17.9 Å². The molecule has 0 aliphatic heterocycles. The van der Waals surface area contributed by atoms with E-state index in [1.54, 1.807) is 30.7 Å². The van der Waals surface area contributed by atoms with Crippen LogP contribution in [-0.4, -0.2) is 25.4 Å². The minimum Gasteiger partial charge on any atom is -0.485 e. The molecule has 0 saturated carbocycles. The lowest BCUT2D eigenvalue weighted by Crippen LogP contribution is -2.24. The molecule has 31 heavy (non-hydrogen) atoms. The molecule has 0 aliphatic rings. The van der Waals surface area contributed by atoms with E-state index in [0.29, 0.717) is 23.6 Å². The summed E-state index contributed by atoms with van der Waals surface area (Å²) in [6.07, 6.45) is 6.57. The molecule has 0 radical (unpaired) electrons. The van der Waals surface area contributed by atoms with Crippen LogP contribution in [0.4, 0.5) is 5.82 Å². The van der Waals surface area contributed by atoms with E-state index < -0.39 is 0 Å². The molecule has 8 nitrogen and oxygen atoms in total. The molecule has 4 rings (SSSR count). The molecule has 1 N–H and O–H groups in total. The maximum atomic E-state index is 12.8. The van der Waals surface area contributed by atoms with E-state index in [1.807, 2.05) is 26.0 Å². The highest BCUT2D eigenvalue weighted by Gasteiger charge is 2.14. The van der Waals surface area contributed by atoms with E-state index in [4.69, 9.17) is 4.74 Å². The van der Waals surface area contributed by atoms with Crippen molar-refractivity contribution in [3.63, 3.8) is 0 Å². The third-order valence-electron chi connectivity index (χ3n) is 4.91. The van der Waals surface area contributed by atoms with Crippen LogP contribution in [0.3, 0.4) is 0 Å². The number of pyridine rings is 2. The topological polar surface area (TPSA) is 99.0 Å². The first kappa shape index (κ1) is 20.7. The molecule has 158 valence electrons. The molecular weight excluding hydrogens is 414 g/mol. The van der Waals surface area contributed by atoms with E-state index in [0.717, 1.165) is 20.8 Å². The predicted molar refractivity (Wildman–Crippen MR) is 119 cm³/mol. The normalized spacial score (nSPS) is 10.9. The van der Waals surface area contributed by atoms with Crippen LogP contribution in [0.15, 0.2) is 54.0 Å². The van der Waals surface area contributed by atoms with E-state index >= 15 is 0 Å². The number of hydrogen-bond donors (Lipinski definition) is 1. The highest BCUT2D eigenvalue weighted by Crippen LogP contribution is 2.25. The van der Waals surface area contributed by atoms with Gasteiger partial charge in [-0.1, -0.05) is 0 Å². The zero-order valence-corrected chi connectivity index (χ0v) is 18.0. The molecular formula is C22H21N5O3S. The van der Waals surface area contributed by atoms with Crippen molar-refractivity contribution in [2.45, 2.75) is 33.4 Å². The van der Waals surface area contributed by atoms with Gasteiger partial charge in [0.05, 0.1) is 11.7 Å². The van der Waals surface area contributed by atoms with Gasteiger partial charge in [0.25, 0.3) is 5.56 Å². The molecule has 1 amide bonds. The minimum atomic E-state index is -0.266. The monoisotopic (exact) mass is 435 g/mol. The van der Waals surface area contributed by atoms with Gasteiger partial charge in [0.1, 0.15) is 11.4 Å².